The fourth-order valence-corrected chi connectivity index (χ4v) is 1.78. The molecule has 0 aliphatic carbocycles. The number of aryl methyl sites for hydroxylation is 1. The Hall–Kier alpha value is -1.10. The van der Waals surface area contributed by atoms with Crippen LogP contribution in [0.2, 0.25) is 0 Å². The number of benzene rings is 1. The Kier molecular flexibility index (Phi) is 7.48. The van der Waals surface area contributed by atoms with Gasteiger partial charge in [0.1, 0.15) is 18.5 Å². The molecule has 2 N–H and O–H groups in total. The number of ether oxygens (including phenoxy) is 2. The summed E-state index contributed by atoms with van der Waals surface area (Å²) >= 11 is 0. The van der Waals surface area contributed by atoms with Crippen LogP contribution in [0.15, 0.2) is 24.3 Å². The molecule has 0 bridgehead atoms. The van der Waals surface area contributed by atoms with Gasteiger partial charge in [-0.25, -0.2) is 0 Å². The van der Waals surface area contributed by atoms with Crippen LogP contribution in [0.4, 0.5) is 0 Å². The highest BCUT2D eigenvalue weighted by Crippen LogP contribution is 2.12. The molecule has 4 nitrogen and oxygen atoms in total. The fraction of sp³-hybridized carbons (Fsp3) is 0.600. The summed E-state index contributed by atoms with van der Waals surface area (Å²) in [5.41, 5.74) is 1.15. The molecule has 1 rings (SSSR count). The molecule has 1 aromatic carbocycles. The van der Waals surface area contributed by atoms with Crippen LogP contribution in [-0.4, -0.2) is 44.1 Å². The molecule has 4 heteroatoms. The number of aliphatic hydroxyl groups excluding tert-OH is 1. The van der Waals surface area contributed by atoms with Crippen LogP contribution in [-0.2, 0) is 4.74 Å². The van der Waals surface area contributed by atoms with Crippen molar-refractivity contribution in [1.82, 2.24) is 5.32 Å². The van der Waals surface area contributed by atoms with Crippen molar-refractivity contribution in [3.05, 3.63) is 29.8 Å². The first-order chi connectivity index (χ1) is 9.15. The largest absolute Gasteiger partial charge is 0.491 e. The van der Waals surface area contributed by atoms with E-state index in [-0.39, 0.29) is 6.04 Å². The molecule has 0 aliphatic heterocycles. The topological polar surface area (TPSA) is 50.7 Å². The Morgan fingerprint density at radius 3 is 2.74 bits per heavy atom. The number of nitrogens with one attached hydrogen (secondary N) is 1. The van der Waals surface area contributed by atoms with Gasteiger partial charge in [-0.05, 0) is 31.0 Å². The van der Waals surface area contributed by atoms with Crippen molar-refractivity contribution in [3.8, 4) is 5.75 Å². The van der Waals surface area contributed by atoms with Gasteiger partial charge in [0.05, 0.1) is 6.61 Å². The second-order valence-corrected chi connectivity index (χ2v) is 4.75. The van der Waals surface area contributed by atoms with E-state index >= 15 is 0 Å². The third-order valence-corrected chi connectivity index (χ3v) is 2.93. The van der Waals surface area contributed by atoms with Gasteiger partial charge in [0.15, 0.2) is 0 Å². The number of hydrogen-bond acceptors (Lipinski definition) is 4. The summed E-state index contributed by atoms with van der Waals surface area (Å²) in [5, 5.41) is 13.1. The average molecular weight is 267 g/mol. The van der Waals surface area contributed by atoms with Gasteiger partial charge in [-0.2, -0.15) is 0 Å². The van der Waals surface area contributed by atoms with Crippen LogP contribution in [0.1, 0.15) is 18.9 Å². The third kappa shape index (κ3) is 6.57. The maximum atomic E-state index is 9.86. The van der Waals surface area contributed by atoms with Gasteiger partial charge in [-0.1, -0.05) is 19.1 Å². The molecule has 2 atom stereocenters. The quantitative estimate of drug-likeness (QED) is 0.715. The Labute approximate surface area is 115 Å². The fourth-order valence-electron chi connectivity index (χ4n) is 1.78. The second kappa shape index (κ2) is 8.91. The molecule has 0 aliphatic rings. The van der Waals surface area contributed by atoms with Gasteiger partial charge in [0, 0.05) is 19.7 Å². The van der Waals surface area contributed by atoms with Crippen molar-refractivity contribution < 1.29 is 14.6 Å². The minimum absolute atomic E-state index is 0.276. The van der Waals surface area contributed by atoms with Gasteiger partial charge in [0.2, 0.25) is 0 Å². The molecular weight excluding hydrogens is 242 g/mol. The molecule has 0 aromatic heterocycles. The van der Waals surface area contributed by atoms with Gasteiger partial charge in [-0.3, -0.25) is 0 Å². The van der Waals surface area contributed by atoms with Crippen LogP contribution >= 0.6 is 0 Å². The van der Waals surface area contributed by atoms with E-state index in [2.05, 4.69) is 12.2 Å². The molecule has 0 heterocycles. The summed E-state index contributed by atoms with van der Waals surface area (Å²) in [5.74, 6) is 0.794. The van der Waals surface area contributed by atoms with E-state index in [1.54, 1.807) is 7.11 Å². The first-order valence-electron chi connectivity index (χ1n) is 6.75. The van der Waals surface area contributed by atoms with E-state index in [0.29, 0.717) is 19.8 Å². The Morgan fingerprint density at radius 2 is 2.11 bits per heavy atom. The predicted molar refractivity (Wildman–Crippen MR) is 76.6 cm³/mol. The molecule has 1 aromatic rings. The molecule has 0 radical (unpaired) electrons. The molecule has 0 saturated carbocycles. The van der Waals surface area contributed by atoms with Crippen molar-refractivity contribution in [2.24, 2.45) is 0 Å². The normalized spacial score (nSPS) is 14.1. The van der Waals surface area contributed by atoms with E-state index in [0.717, 1.165) is 17.7 Å². The third-order valence-electron chi connectivity index (χ3n) is 2.93. The zero-order valence-corrected chi connectivity index (χ0v) is 12.1. The summed E-state index contributed by atoms with van der Waals surface area (Å²) in [4.78, 5) is 0. The first kappa shape index (κ1) is 16.0. The number of aliphatic hydroxyl groups is 1. The lowest BCUT2D eigenvalue weighted by atomic mass is 10.2. The van der Waals surface area contributed by atoms with Gasteiger partial charge < -0.3 is 19.9 Å². The maximum absolute atomic E-state index is 9.86. The summed E-state index contributed by atoms with van der Waals surface area (Å²) < 4.78 is 10.6. The van der Waals surface area contributed by atoms with E-state index in [9.17, 15) is 5.11 Å². The molecule has 0 fully saturated rings. The van der Waals surface area contributed by atoms with Crippen LogP contribution in [0, 0.1) is 6.92 Å². The molecule has 0 spiro atoms. The SMILES string of the molecule is CCC(COC)NCC(O)COc1cccc(C)c1. The Balaban J connectivity index is 2.25. The molecule has 2 unspecified atom stereocenters. The summed E-state index contributed by atoms with van der Waals surface area (Å²) in [6.07, 6.45) is 0.450. The molecule has 19 heavy (non-hydrogen) atoms. The number of hydrogen-bond donors (Lipinski definition) is 2. The second-order valence-electron chi connectivity index (χ2n) is 4.75. The minimum Gasteiger partial charge on any atom is -0.491 e. The standard InChI is InChI=1S/C15H25NO3/c1-4-13(10-18-3)16-9-14(17)11-19-15-7-5-6-12(2)8-15/h5-8,13-14,16-17H,4,9-11H2,1-3H3. The summed E-state index contributed by atoms with van der Waals surface area (Å²) in [6, 6.07) is 8.09. The van der Waals surface area contributed by atoms with Gasteiger partial charge in [-0.15, -0.1) is 0 Å². The van der Waals surface area contributed by atoms with Crippen molar-refractivity contribution >= 4 is 0 Å². The first-order valence-corrected chi connectivity index (χ1v) is 6.75. The highest BCUT2D eigenvalue weighted by Gasteiger charge is 2.09. The van der Waals surface area contributed by atoms with Crippen LogP contribution < -0.4 is 10.1 Å². The van der Waals surface area contributed by atoms with Gasteiger partial charge >= 0.3 is 0 Å². The minimum atomic E-state index is -0.522. The highest BCUT2D eigenvalue weighted by atomic mass is 16.5. The lowest BCUT2D eigenvalue weighted by molar-refractivity contribution is 0.0952. The molecule has 0 amide bonds. The monoisotopic (exact) mass is 267 g/mol. The average Bonchev–Trinajstić information content (AvgIpc) is 2.41. The van der Waals surface area contributed by atoms with Crippen molar-refractivity contribution in [2.75, 3.05) is 26.9 Å². The van der Waals surface area contributed by atoms with Crippen LogP contribution in [0.25, 0.3) is 0 Å². The maximum Gasteiger partial charge on any atom is 0.119 e. The lowest BCUT2D eigenvalue weighted by Crippen LogP contribution is -2.39. The summed E-state index contributed by atoms with van der Waals surface area (Å²) in [6.45, 7) is 5.56. The number of methoxy groups -OCH3 is 1. The highest BCUT2D eigenvalue weighted by molar-refractivity contribution is 5.27. The van der Waals surface area contributed by atoms with Crippen LogP contribution in [0.3, 0.4) is 0 Å². The zero-order valence-electron chi connectivity index (χ0n) is 12.1. The van der Waals surface area contributed by atoms with E-state index in [1.165, 1.54) is 0 Å². The van der Waals surface area contributed by atoms with Crippen molar-refractivity contribution in [2.45, 2.75) is 32.4 Å². The van der Waals surface area contributed by atoms with Crippen LogP contribution in [0.5, 0.6) is 5.75 Å². The van der Waals surface area contributed by atoms with E-state index in [4.69, 9.17) is 9.47 Å². The van der Waals surface area contributed by atoms with E-state index in [1.807, 2.05) is 31.2 Å². The number of rotatable bonds is 9. The molecular formula is C15H25NO3. The van der Waals surface area contributed by atoms with Crippen molar-refractivity contribution in [1.29, 1.82) is 0 Å². The summed E-state index contributed by atoms with van der Waals surface area (Å²) in [7, 11) is 1.68. The van der Waals surface area contributed by atoms with Gasteiger partial charge in [0.25, 0.3) is 0 Å². The lowest BCUT2D eigenvalue weighted by Gasteiger charge is -2.19. The Bertz CT molecular complexity index is 357. The van der Waals surface area contributed by atoms with Crippen molar-refractivity contribution in [3.63, 3.8) is 0 Å². The zero-order chi connectivity index (χ0) is 14.1. The molecule has 108 valence electrons. The predicted octanol–water partition coefficient (Wildman–Crippen LogP) is 1.75. The Morgan fingerprint density at radius 1 is 1.32 bits per heavy atom. The smallest absolute Gasteiger partial charge is 0.119 e. The molecule has 0 saturated heterocycles. The van der Waals surface area contributed by atoms with E-state index < -0.39 is 6.10 Å².